The van der Waals surface area contributed by atoms with Gasteiger partial charge in [-0.1, -0.05) is 31.4 Å². The Kier molecular flexibility index (Phi) is 20.1. The van der Waals surface area contributed by atoms with E-state index in [2.05, 4.69) is 27.5 Å². The minimum atomic E-state index is -4.90. The molecule has 354 valence electrons. The predicted octanol–water partition coefficient (Wildman–Crippen LogP) is 0.494. The van der Waals surface area contributed by atoms with E-state index >= 15 is 0 Å². The van der Waals surface area contributed by atoms with Crippen molar-refractivity contribution in [1.29, 1.82) is 0 Å². The van der Waals surface area contributed by atoms with E-state index in [1.165, 1.54) is 4.90 Å². The third kappa shape index (κ3) is 15.4. The van der Waals surface area contributed by atoms with E-state index in [1.54, 1.807) is 10.9 Å². The van der Waals surface area contributed by atoms with Gasteiger partial charge < -0.3 is 55.5 Å². The second-order valence-corrected chi connectivity index (χ2v) is 15.3. The largest absolute Gasteiger partial charge is 0.449 e. The van der Waals surface area contributed by atoms with Crippen LogP contribution in [-0.2, 0) is 53.0 Å². The zero-order valence-electron chi connectivity index (χ0n) is 34.9. The van der Waals surface area contributed by atoms with Gasteiger partial charge in [0.05, 0.1) is 63.6 Å². The van der Waals surface area contributed by atoms with Crippen molar-refractivity contribution in [3.63, 3.8) is 0 Å². The second-order valence-electron chi connectivity index (χ2n) is 15.3. The van der Waals surface area contributed by atoms with Crippen LogP contribution in [0.1, 0.15) is 72.3 Å². The lowest BCUT2D eigenvalue weighted by atomic mass is 10.0. The van der Waals surface area contributed by atoms with Crippen LogP contribution in [-0.4, -0.2) is 161 Å². The number of aromatic nitrogens is 5. The molecule has 0 unspecified atom stereocenters. The molecular weight excluding hydrogens is 852 g/mol. The van der Waals surface area contributed by atoms with Crippen LogP contribution in [0, 0.1) is 17.5 Å². The first-order valence-electron chi connectivity index (χ1n) is 20.6. The van der Waals surface area contributed by atoms with Gasteiger partial charge in [-0.05, 0) is 31.0 Å². The molecule has 18 nitrogen and oxygen atoms in total. The highest BCUT2D eigenvalue weighted by Gasteiger charge is 2.42. The van der Waals surface area contributed by atoms with Crippen LogP contribution in [0.25, 0.3) is 0 Å². The number of carbonyl (C=O) groups is 2. The van der Waals surface area contributed by atoms with E-state index in [0.29, 0.717) is 30.9 Å². The Bertz CT molecular complexity index is 1910. The first kappa shape index (κ1) is 51.4. The van der Waals surface area contributed by atoms with Crippen molar-refractivity contribution in [1.82, 2.24) is 39.7 Å². The molecule has 63 heavy (non-hydrogen) atoms. The number of alkyl halides is 3. The molecule has 2 aromatic heterocycles. The zero-order chi connectivity index (χ0) is 46.3. The number of benzene rings is 1. The number of nitrogens with one attached hydrogen (secondary N) is 1. The highest BCUT2D eigenvalue weighted by Crippen LogP contribution is 2.32. The molecule has 1 aliphatic rings. The number of aliphatic hydroxyl groups is 5. The quantitative estimate of drug-likeness (QED) is 0.0313. The number of hydrogen-bond donors (Lipinski definition) is 7. The Hall–Kier alpha value is -4.27. The highest BCUT2D eigenvalue weighted by molar-refractivity contribution is 5.93. The number of nitrogens with zero attached hydrogens (tertiary/aromatic N) is 7. The molecule has 0 fully saturated rings. The second kappa shape index (κ2) is 24.7. The number of imidazole rings is 1. The molecule has 2 amide bonds. The molecule has 0 spiro atoms. The van der Waals surface area contributed by atoms with Crippen LogP contribution in [0.3, 0.4) is 0 Å². The summed E-state index contributed by atoms with van der Waals surface area (Å²) in [7, 11) is 0. The molecule has 1 aromatic carbocycles. The number of hydrogen-bond acceptors (Lipinski definition) is 14. The average Bonchev–Trinajstić information content (AvgIpc) is 3.87. The Morgan fingerprint density at radius 3 is 2.35 bits per heavy atom. The molecule has 3 heterocycles. The summed E-state index contributed by atoms with van der Waals surface area (Å²) in [5, 5.41) is 60.3. The lowest BCUT2D eigenvalue weighted by Gasteiger charge is -2.30. The zero-order valence-corrected chi connectivity index (χ0v) is 34.9. The number of ether oxygens (including phenoxy) is 2. The number of carbonyl (C=O) groups excluding carboxylic acids is 2. The van der Waals surface area contributed by atoms with Crippen molar-refractivity contribution in [2.24, 2.45) is 5.73 Å². The van der Waals surface area contributed by atoms with Crippen LogP contribution in [0.2, 0.25) is 0 Å². The minimum Gasteiger partial charge on any atom is -0.394 e. The van der Waals surface area contributed by atoms with Crippen LogP contribution in [0.4, 0.5) is 26.3 Å². The lowest BCUT2D eigenvalue weighted by Crippen LogP contribution is -2.49. The van der Waals surface area contributed by atoms with Gasteiger partial charge in [-0.15, -0.1) is 5.10 Å². The molecule has 0 bridgehead atoms. The number of amides is 2. The molecule has 8 N–H and O–H groups in total. The summed E-state index contributed by atoms with van der Waals surface area (Å²) in [5.74, 6) is -6.56. The minimum absolute atomic E-state index is 0.0214. The fourth-order valence-corrected chi connectivity index (χ4v) is 6.89. The molecule has 1 aliphatic heterocycles. The summed E-state index contributed by atoms with van der Waals surface area (Å²) in [5.41, 5.74) is 5.63. The fourth-order valence-electron chi connectivity index (χ4n) is 6.89. The number of aliphatic hydroxyl groups excluding tert-OH is 5. The Morgan fingerprint density at radius 2 is 1.65 bits per heavy atom. The van der Waals surface area contributed by atoms with Crippen LogP contribution >= 0.6 is 0 Å². The molecule has 0 saturated heterocycles. The molecule has 3 aromatic rings. The summed E-state index contributed by atoms with van der Waals surface area (Å²) in [6.07, 6.45) is -6.57. The highest BCUT2D eigenvalue weighted by atomic mass is 19.4. The molecule has 0 radical (unpaired) electrons. The normalized spacial score (nSPS) is 15.6. The summed E-state index contributed by atoms with van der Waals surface area (Å²) in [6.45, 7) is 1.90. The lowest BCUT2D eigenvalue weighted by molar-refractivity contribution is -0.148. The smallest absolute Gasteiger partial charge is 0.394 e. The molecule has 0 saturated carbocycles. The van der Waals surface area contributed by atoms with Gasteiger partial charge in [0.2, 0.25) is 11.7 Å². The third-order valence-corrected chi connectivity index (χ3v) is 10.3. The maximum atomic E-state index is 14.1. The van der Waals surface area contributed by atoms with Gasteiger partial charge in [-0.2, -0.15) is 13.2 Å². The van der Waals surface area contributed by atoms with E-state index in [-0.39, 0.29) is 76.8 Å². The van der Waals surface area contributed by atoms with Gasteiger partial charge in [0.25, 0.3) is 5.91 Å². The predicted molar refractivity (Wildman–Crippen MR) is 210 cm³/mol. The first-order valence-corrected chi connectivity index (χ1v) is 20.6. The van der Waals surface area contributed by atoms with Gasteiger partial charge >= 0.3 is 6.18 Å². The van der Waals surface area contributed by atoms with E-state index in [9.17, 15) is 56.4 Å². The summed E-state index contributed by atoms with van der Waals surface area (Å²) < 4.78 is 96.2. The summed E-state index contributed by atoms with van der Waals surface area (Å²) in [4.78, 5) is 32.7. The Balaban J connectivity index is 1.19. The number of rotatable bonds is 27. The standard InChI is InChI=1S/C39H57F6N9O9/c1-2-3-4-5-7-51(22-31(56)35(59)36(60)32(57)23-55)19-26-20-53(50-49-26)10-12-63-14-13-62-11-6-47-37(61)34-30-21-52(8-9-54(30)38(48-34)39(43,44)45)33(58)17-25(46)15-24-16-28(41)29(42)18-27(24)40/h16,18,20,25,31-32,35-36,55-57,59-60H,2-15,17,19,21-23,46H2,1H3,(H,47,61)/t25-,31+,32-,35-,36-/m1/s1. The van der Waals surface area contributed by atoms with Crippen molar-refractivity contribution in [2.75, 3.05) is 59.2 Å². The first-order chi connectivity index (χ1) is 29.9. The topological polar surface area (TPSA) is 247 Å². The number of nitrogens with two attached hydrogens (primary N) is 1. The Morgan fingerprint density at radius 1 is 0.952 bits per heavy atom. The number of unbranched alkanes of at least 4 members (excludes halogenated alkanes) is 3. The SMILES string of the molecule is CCCCCCN(Cc1cn(CCOCCOCCNC(=O)c2nc(C(F)(F)F)n3c2CN(C(=O)C[C@H](N)Cc2cc(F)c(F)cc2F)CC3)nn1)C[C@H](O)[C@@H](O)[C@H](O)[C@H](O)CO. The number of fused-ring (bicyclic) bond motifs is 1. The van der Waals surface area contributed by atoms with Crippen LogP contribution < -0.4 is 11.1 Å². The molecule has 0 aliphatic carbocycles. The van der Waals surface area contributed by atoms with E-state index < -0.39 is 97.0 Å². The van der Waals surface area contributed by atoms with Crippen molar-refractivity contribution in [2.45, 2.75) is 108 Å². The van der Waals surface area contributed by atoms with Gasteiger partial charge in [-0.3, -0.25) is 14.5 Å². The van der Waals surface area contributed by atoms with Crippen molar-refractivity contribution < 1.29 is 70.9 Å². The van der Waals surface area contributed by atoms with Crippen LogP contribution in [0.15, 0.2) is 18.3 Å². The van der Waals surface area contributed by atoms with E-state index in [1.807, 2.05) is 4.90 Å². The van der Waals surface area contributed by atoms with Crippen molar-refractivity contribution in [3.8, 4) is 0 Å². The van der Waals surface area contributed by atoms with Gasteiger partial charge in [-0.25, -0.2) is 22.8 Å². The molecule has 24 heteroatoms. The van der Waals surface area contributed by atoms with E-state index in [0.717, 1.165) is 30.3 Å². The van der Waals surface area contributed by atoms with Gasteiger partial charge in [0, 0.05) is 57.4 Å². The summed E-state index contributed by atoms with van der Waals surface area (Å²) in [6, 6.07) is -0.0328. The average molecular weight is 910 g/mol. The van der Waals surface area contributed by atoms with Gasteiger partial charge in [0.1, 0.15) is 24.1 Å². The molecule has 5 atom stereocenters. The van der Waals surface area contributed by atoms with Crippen molar-refractivity contribution in [3.05, 3.63) is 64.3 Å². The monoisotopic (exact) mass is 909 g/mol. The fraction of sp³-hybridized carbons (Fsp3) is 0.667. The molecular formula is C39H57F6N9O9. The van der Waals surface area contributed by atoms with Crippen LogP contribution in [0.5, 0.6) is 0 Å². The van der Waals surface area contributed by atoms with Crippen molar-refractivity contribution >= 4 is 11.8 Å². The maximum absolute atomic E-state index is 14.1. The number of halogens is 6. The van der Waals surface area contributed by atoms with E-state index in [4.69, 9.17) is 20.3 Å². The maximum Gasteiger partial charge on any atom is 0.449 e. The summed E-state index contributed by atoms with van der Waals surface area (Å²) >= 11 is 0. The van der Waals surface area contributed by atoms with Gasteiger partial charge in [0.15, 0.2) is 17.3 Å². The Labute approximate surface area is 359 Å². The third-order valence-electron chi connectivity index (χ3n) is 10.3. The molecule has 4 rings (SSSR count).